The molecule has 5 heteroatoms. The molecule has 0 N–H and O–H groups in total. The Morgan fingerprint density at radius 1 is 1.56 bits per heavy atom. The molecule has 18 heavy (non-hydrogen) atoms. The first kappa shape index (κ1) is 14.0. The minimum Gasteiger partial charge on any atom is -0.342 e. The van der Waals surface area contributed by atoms with Gasteiger partial charge in [-0.05, 0) is 32.4 Å². The van der Waals surface area contributed by atoms with Crippen LogP contribution in [-0.4, -0.2) is 28.5 Å². The van der Waals surface area contributed by atoms with Gasteiger partial charge < -0.3 is 9.47 Å². The Hall–Kier alpha value is -2.09. The fourth-order valence-electron chi connectivity index (χ4n) is 1.47. The summed E-state index contributed by atoms with van der Waals surface area (Å²) in [5.74, 6) is -0.153. The molecule has 5 nitrogen and oxygen atoms in total. The molecule has 0 bridgehead atoms. The van der Waals surface area contributed by atoms with Crippen LogP contribution in [0.3, 0.4) is 0 Å². The van der Waals surface area contributed by atoms with Gasteiger partial charge in [0.1, 0.15) is 18.2 Å². The number of rotatable bonds is 3. The van der Waals surface area contributed by atoms with E-state index in [-0.39, 0.29) is 24.1 Å². The molecular weight excluding hydrogens is 230 g/mol. The topological polar surface area (TPSA) is 66.1 Å². The molecule has 0 atom stereocenters. The Bertz CT molecular complexity index is 552. The van der Waals surface area contributed by atoms with Crippen molar-refractivity contribution in [2.24, 2.45) is 0 Å². The highest BCUT2D eigenvalue weighted by Gasteiger charge is 2.14. The van der Waals surface area contributed by atoms with Crippen molar-refractivity contribution >= 4 is 5.91 Å². The van der Waals surface area contributed by atoms with Crippen molar-refractivity contribution in [3.63, 3.8) is 0 Å². The van der Waals surface area contributed by atoms with E-state index in [1.807, 2.05) is 19.9 Å². The zero-order chi connectivity index (χ0) is 13.9. The van der Waals surface area contributed by atoms with Crippen LogP contribution in [0.1, 0.15) is 25.0 Å². The molecule has 0 aliphatic rings. The summed E-state index contributed by atoms with van der Waals surface area (Å²) in [6.07, 6.45) is 1.55. The monoisotopic (exact) mass is 247 g/mol. The Kier molecular flexibility index (Phi) is 4.27. The van der Waals surface area contributed by atoms with E-state index in [4.69, 9.17) is 5.26 Å². The predicted octanol–water partition coefficient (Wildman–Crippen LogP) is 0.895. The lowest BCUT2D eigenvalue weighted by atomic mass is 10.2. The van der Waals surface area contributed by atoms with E-state index in [9.17, 15) is 9.59 Å². The third-order valence-electron chi connectivity index (χ3n) is 2.96. The summed E-state index contributed by atoms with van der Waals surface area (Å²) in [5, 5.41) is 8.90. The van der Waals surface area contributed by atoms with Gasteiger partial charge in [0.05, 0.1) is 0 Å². The lowest BCUT2D eigenvalue weighted by Crippen LogP contribution is -2.38. The van der Waals surface area contributed by atoms with Crippen molar-refractivity contribution in [2.75, 3.05) is 7.05 Å². The Balaban J connectivity index is 3.05. The standard InChI is InChI=1S/C13H17N3O2/c1-9(2)15(4)12(17)8-16-6-5-10(3)11(7-14)13(16)18/h5-6,9H,8H2,1-4H3. The summed E-state index contributed by atoms with van der Waals surface area (Å²) in [6, 6.07) is 3.62. The molecule has 0 fully saturated rings. The number of aryl methyl sites for hydroxylation is 1. The molecule has 0 radical (unpaired) electrons. The molecule has 1 aromatic rings. The lowest BCUT2D eigenvalue weighted by molar-refractivity contribution is -0.132. The maximum Gasteiger partial charge on any atom is 0.269 e. The van der Waals surface area contributed by atoms with Crippen LogP contribution in [0.5, 0.6) is 0 Å². The van der Waals surface area contributed by atoms with E-state index < -0.39 is 5.56 Å². The van der Waals surface area contributed by atoms with E-state index >= 15 is 0 Å². The molecule has 1 aromatic heterocycles. The highest BCUT2D eigenvalue weighted by atomic mass is 16.2. The van der Waals surface area contributed by atoms with Crippen LogP contribution in [0.4, 0.5) is 0 Å². The summed E-state index contributed by atoms with van der Waals surface area (Å²) in [5.41, 5.74) is 0.309. The van der Waals surface area contributed by atoms with Crippen LogP contribution in [0.15, 0.2) is 17.1 Å². The zero-order valence-electron chi connectivity index (χ0n) is 11.1. The first-order valence-corrected chi connectivity index (χ1v) is 5.74. The van der Waals surface area contributed by atoms with Gasteiger partial charge in [-0.2, -0.15) is 5.26 Å². The van der Waals surface area contributed by atoms with E-state index in [1.54, 1.807) is 31.1 Å². The number of nitriles is 1. The number of carbonyl (C=O) groups excluding carboxylic acids is 1. The van der Waals surface area contributed by atoms with Crippen LogP contribution in [0.2, 0.25) is 0 Å². The highest BCUT2D eigenvalue weighted by molar-refractivity contribution is 5.76. The maximum atomic E-state index is 11.9. The number of hydrogen-bond donors (Lipinski definition) is 0. The van der Waals surface area contributed by atoms with Crippen LogP contribution in [0, 0.1) is 18.3 Å². The molecule has 1 heterocycles. The van der Waals surface area contributed by atoms with Crippen molar-refractivity contribution in [3.8, 4) is 6.07 Å². The molecule has 0 aromatic carbocycles. The van der Waals surface area contributed by atoms with Crippen LogP contribution in [-0.2, 0) is 11.3 Å². The first-order chi connectivity index (χ1) is 8.38. The number of aromatic nitrogens is 1. The normalized spacial score (nSPS) is 10.2. The number of hydrogen-bond acceptors (Lipinski definition) is 3. The Morgan fingerprint density at radius 2 is 2.17 bits per heavy atom. The SMILES string of the molecule is Cc1ccn(CC(=O)N(C)C(C)C)c(=O)c1C#N. The fourth-order valence-corrected chi connectivity index (χ4v) is 1.47. The van der Waals surface area contributed by atoms with Crippen molar-refractivity contribution in [1.29, 1.82) is 5.26 Å². The molecule has 0 aliphatic heterocycles. The van der Waals surface area contributed by atoms with Gasteiger partial charge in [-0.3, -0.25) is 9.59 Å². The summed E-state index contributed by atoms with van der Waals surface area (Å²) in [4.78, 5) is 25.4. The highest BCUT2D eigenvalue weighted by Crippen LogP contribution is 2.01. The van der Waals surface area contributed by atoms with E-state index in [0.29, 0.717) is 5.56 Å². The summed E-state index contributed by atoms with van der Waals surface area (Å²) in [7, 11) is 1.69. The minimum absolute atomic E-state index is 0.0392. The average Bonchev–Trinajstić information content (AvgIpc) is 2.32. The second kappa shape index (κ2) is 5.50. The van der Waals surface area contributed by atoms with Gasteiger partial charge in [0.25, 0.3) is 5.56 Å². The second-order valence-electron chi connectivity index (χ2n) is 4.52. The molecule has 0 unspecified atom stereocenters. The van der Waals surface area contributed by atoms with Crippen molar-refractivity contribution < 1.29 is 4.79 Å². The fraction of sp³-hybridized carbons (Fsp3) is 0.462. The van der Waals surface area contributed by atoms with Gasteiger partial charge in [-0.15, -0.1) is 0 Å². The Labute approximate surface area is 106 Å². The lowest BCUT2D eigenvalue weighted by Gasteiger charge is -2.21. The molecule has 0 saturated carbocycles. The van der Waals surface area contributed by atoms with Crippen LogP contribution >= 0.6 is 0 Å². The van der Waals surface area contributed by atoms with E-state index in [1.165, 1.54) is 4.57 Å². The van der Waals surface area contributed by atoms with Gasteiger partial charge in [0, 0.05) is 19.3 Å². The third-order valence-corrected chi connectivity index (χ3v) is 2.96. The van der Waals surface area contributed by atoms with Crippen LogP contribution < -0.4 is 5.56 Å². The van der Waals surface area contributed by atoms with Crippen LogP contribution in [0.25, 0.3) is 0 Å². The molecular formula is C13H17N3O2. The maximum absolute atomic E-state index is 11.9. The van der Waals surface area contributed by atoms with Crippen molar-refractivity contribution in [1.82, 2.24) is 9.47 Å². The first-order valence-electron chi connectivity index (χ1n) is 5.74. The van der Waals surface area contributed by atoms with Gasteiger partial charge in [-0.1, -0.05) is 0 Å². The molecule has 1 amide bonds. The molecule has 0 aliphatic carbocycles. The number of carbonyl (C=O) groups is 1. The van der Waals surface area contributed by atoms with E-state index in [0.717, 1.165) is 0 Å². The van der Waals surface area contributed by atoms with Gasteiger partial charge in [-0.25, -0.2) is 0 Å². The molecule has 0 saturated heterocycles. The van der Waals surface area contributed by atoms with Gasteiger partial charge in [0.2, 0.25) is 5.91 Å². The summed E-state index contributed by atoms with van der Waals surface area (Å²) < 4.78 is 1.27. The number of nitrogens with zero attached hydrogens (tertiary/aromatic N) is 3. The summed E-state index contributed by atoms with van der Waals surface area (Å²) >= 11 is 0. The molecule has 1 rings (SSSR count). The molecule has 0 spiro atoms. The van der Waals surface area contributed by atoms with Crippen molar-refractivity contribution in [3.05, 3.63) is 33.7 Å². The third kappa shape index (κ3) is 2.77. The number of likely N-dealkylation sites (N-methyl/N-ethyl adjacent to an activating group) is 1. The van der Waals surface area contributed by atoms with Gasteiger partial charge >= 0.3 is 0 Å². The summed E-state index contributed by atoms with van der Waals surface area (Å²) in [6.45, 7) is 5.46. The van der Waals surface area contributed by atoms with Gasteiger partial charge in [0.15, 0.2) is 0 Å². The van der Waals surface area contributed by atoms with E-state index in [2.05, 4.69) is 0 Å². The minimum atomic E-state index is -0.414. The van der Waals surface area contributed by atoms with Crippen molar-refractivity contribution in [2.45, 2.75) is 33.4 Å². The average molecular weight is 247 g/mol. The zero-order valence-corrected chi connectivity index (χ0v) is 11.1. The Morgan fingerprint density at radius 3 is 2.67 bits per heavy atom. The number of pyridine rings is 1. The second-order valence-corrected chi connectivity index (χ2v) is 4.52. The number of amides is 1. The predicted molar refractivity (Wildman–Crippen MR) is 68.1 cm³/mol. The smallest absolute Gasteiger partial charge is 0.269 e. The largest absolute Gasteiger partial charge is 0.342 e. The quantitative estimate of drug-likeness (QED) is 0.797. The molecule has 96 valence electrons.